The van der Waals surface area contributed by atoms with Gasteiger partial charge in [0.15, 0.2) is 0 Å². The van der Waals surface area contributed by atoms with E-state index in [0.717, 1.165) is 41.7 Å². The van der Waals surface area contributed by atoms with Crippen LogP contribution in [0.25, 0.3) is 0 Å². The molecule has 0 radical (unpaired) electrons. The molecule has 0 aromatic heterocycles. The number of hydrogen-bond acceptors (Lipinski definition) is 2. The topological polar surface area (TPSA) is 38.3 Å². The van der Waals surface area contributed by atoms with E-state index >= 15 is 0 Å². The zero-order valence-corrected chi connectivity index (χ0v) is 11.8. The van der Waals surface area contributed by atoms with E-state index in [1.165, 1.54) is 0 Å². The van der Waals surface area contributed by atoms with Gasteiger partial charge in [0.1, 0.15) is 0 Å². The first kappa shape index (κ1) is 12.8. The quantitative estimate of drug-likeness (QED) is 0.855. The number of benzene rings is 1. The highest BCUT2D eigenvalue weighted by Gasteiger charge is 2.15. The summed E-state index contributed by atoms with van der Waals surface area (Å²) >= 11 is 2.19. The minimum atomic E-state index is 0.0292. The summed E-state index contributed by atoms with van der Waals surface area (Å²) in [5.41, 5.74) is 0.764. The Bertz CT molecular complexity index is 389. The first-order chi connectivity index (χ1) is 8.27. The highest BCUT2D eigenvalue weighted by atomic mass is 127. The Kier molecular flexibility index (Phi) is 4.79. The SMILES string of the molecule is O=C(NCC1CCOCC1)c1ccccc1I. The summed E-state index contributed by atoms with van der Waals surface area (Å²) in [7, 11) is 0. The summed E-state index contributed by atoms with van der Waals surface area (Å²) in [6.45, 7) is 2.40. The third kappa shape index (κ3) is 3.67. The molecular formula is C13H16INO2. The van der Waals surface area contributed by atoms with Crippen molar-refractivity contribution in [3.63, 3.8) is 0 Å². The van der Waals surface area contributed by atoms with Gasteiger partial charge in [-0.1, -0.05) is 12.1 Å². The summed E-state index contributed by atoms with van der Waals surface area (Å²) in [6.07, 6.45) is 2.10. The van der Waals surface area contributed by atoms with Crippen LogP contribution in [-0.4, -0.2) is 25.7 Å². The maximum absolute atomic E-state index is 12.0. The highest BCUT2D eigenvalue weighted by molar-refractivity contribution is 14.1. The van der Waals surface area contributed by atoms with Crippen molar-refractivity contribution in [2.75, 3.05) is 19.8 Å². The molecule has 1 amide bonds. The van der Waals surface area contributed by atoms with Crippen LogP contribution in [0.5, 0.6) is 0 Å². The van der Waals surface area contributed by atoms with Crippen LogP contribution in [0.1, 0.15) is 23.2 Å². The van der Waals surface area contributed by atoms with Crippen molar-refractivity contribution >= 4 is 28.5 Å². The lowest BCUT2D eigenvalue weighted by Crippen LogP contribution is -2.32. The van der Waals surface area contributed by atoms with E-state index in [9.17, 15) is 4.79 Å². The number of carbonyl (C=O) groups excluding carboxylic acids is 1. The van der Waals surface area contributed by atoms with Crippen molar-refractivity contribution < 1.29 is 9.53 Å². The second-order valence-corrected chi connectivity index (χ2v) is 5.41. The van der Waals surface area contributed by atoms with Crippen LogP contribution < -0.4 is 5.32 Å². The smallest absolute Gasteiger partial charge is 0.252 e. The Morgan fingerprint density at radius 2 is 2.06 bits per heavy atom. The van der Waals surface area contributed by atoms with Gasteiger partial charge in [-0.05, 0) is 53.5 Å². The molecule has 0 atom stereocenters. The number of ether oxygens (including phenoxy) is 1. The van der Waals surface area contributed by atoms with Crippen LogP contribution in [0.4, 0.5) is 0 Å². The van der Waals surface area contributed by atoms with E-state index in [1.807, 2.05) is 24.3 Å². The minimum absolute atomic E-state index is 0.0292. The van der Waals surface area contributed by atoms with Gasteiger partial charge in [-0.25, -0.2) is 0 Å². The molecule has 1 fully saturated rings. The molecule has 1 aromatic carbocycles. The third-order valence-electron chi connectivity index (χ3n) is 3.01. The minimum Gasteiger partial charge on any atom is -0.381 e. The molecule has 4 heteroatoms. The maximum atomic E-state index is 12.0. The number of nitrogens with one attached hydrogen (secondary N) is 1. The van der Waals surface area contributed by atoms with Crippen molar-refractivity contribution in [2.45, 2.75) is 12.8 Å². The van der Waals surface area contributed by atoms with Crippen LogP contribution in [-0.2, 0) is 4.74 Å². The molecule has 1 saturated heterocycles. The lowest BCUT2D eigenvalue weighted by molar-refractivity contribution is 0.0642. The predicted octanol–water partition coefficient (Wildman–Crippen LogP) is 2.45. The maximum Gasteiger partial charge on any atom is 0.252 e. The van der Waals surface area contributed by atoms with E-state index in [4.69, 9.17) is 4.74 Å². The lowest BCUT2D eigenvalue weighted by Gasteiger charge is -2.22. The average Bonchev–Trinajstić information content (AvgIpc) is 2.38. The zero-order valence-electron chi connectivity index (χ0n) is 9.62. The fourth-order valence-electron chi connectivity index (χ4n) is 1.93. The summed E-state index contributed by atoms with van der Waals surface area (Å²) in [5.74, 6) is 0.593. The molecule has 1 aliphatic heterocycles. The Labute approximate surface area is 115 Å². The standard InChI is InChI=1S/C13H16INO2/c14-12-4-2-1-3-11(12)13(16)15-9-10-5-7-17-8-6-10/h1-4,10H,5-9H2,(H,15,16). The molecule has 0 saturated carbocycles. The molecule has 1 N–H and O–H groups in total. The fourth-order valence-corrected chi connectivity index (χ4v) is 2.56. The van der Waals surface area contributed by atoms with Gasteiger partial charge in [0.25, 0.3) is 5.91 Å². The number of halogens is 1. The van der Waals surface area contributed by atoms with E-state index in [1.54, 1.807) is 0 Å². The Morgan fingerprint density at radius 3 is 2.76 bits per heavy atom. The number of amides is 1. The molecule has 0 unspecified atom stereocenters. The van der Waals surface area contributed by atoms with Crippen LogP contribution >= 0.6 is 22.6 Å². The monoisotopic (exact) mass is 345 g/mol. The van der Waals surface area contributed by atoms with Crippen LogP contribution in [0.2, 0.25) is 0 Å². The molecule has 0 aliphatic carbocycles. The highest BCUT2D eigenvalue weighted by Crippen LogP contribution is 2.14. The average molecular weight is 345 g/mol. The summed E-state index contributed by atoms with van der Waals surface area (Å²) in [5, 5.41) is 3.01. The van der Waals surface area contributed by atoms with Gasteiger partial charge < -0.3 is 10.1 Å². The molecule has 17 heavy (non-hydrogen) atoms. The van der Waals surface area contributed by atoms with Crippen molar-refractivity contribution in [3.05, 3.63) is 33.4 Å². The molecule has 1 aromatic rings. The normalized spacial score (nSPS) is 16.8. The Morgan fingerprint density at radius 1 is 1.35 bits per heavy atom. The van der Waals surface area contributed by atoms with Gasteiger partial charge >= 0.3 is 0 Å². The first-order valence-corrected chi connectivity index (χ1v) is 6.95. The Balaban J connectivity index is 1.87. The molecule has 1 heterocycles. The van der Waals surface area contributed by atoms with Crippen LogP contribution in [0.15, 0.2) is 24.3 Å². The molecule has 2 rings (SSSR count). The lowest BCUT2D eigenvalue weighted by atomic mass is 10.0. The zero-order chi connectivity index (χ0) is 12.1. The van der Waals surface area contributed by atoms with E-state index < -0.39 is 0 Å². The van der Waals surface area contributed by atoms with Gasteiger partial charge in [-0.3, -0.25) is 4.79 Å². The molecule has 92 valence electrons. The number of rotatable bonds is 3. The van der Waals surface area contributed by atoms with Gasteiger partial charge in [-0.15, -0.1) is 0 Å². The van der Waals surface area contributed by atoms with Crippen LogP contribution in [0, 0.1) is 9.49 Å². The van der Waals surface area contributed by atoms with Crippen LogP contribution in [0.3, 0.4) is 0 Å². The molecule has 3 nitrogen and oxygen atoms in total. The first-order valence-electron chi connectivity index (χ1n) is 5.88. The van der Waals surface area contributed by atoms with Gasteiger partial charge in [0.2, 0.25) is 0 Å². The van der Waals surface area contributed by atoms with Gasteiger partial charge in [0, 0.05) is 23.3 Å². The van der Waals surface area contributed by atoms with Crippen molar-refractivity contribution in [2.24, 2.45) is 5.92 Å². The molecular weight excluding hydrogens is 329 g/mol. The summed E-state index contributed by atoms with van der Waals surface area (Å²) < 4.78 is 6.29. The molecule has 1 aliphatic rings. The van der Waals surface area contributed by atoms with Gasteiger partial charge in [-0.2, -0.15) is 0 Å². The van der Waals surface area contributed by atoms with Crippen molar-refractivity contribution in [3.8, 4) is 0 Å². The molecule has 0 bridgehead atoms. The van der Waals surface area contributed by atoms with Crippen molar-refractivity contribution in [1.82, 2.24) is 5.32 Å². The summed E-state index contributed by atoms with van der Waals surface area (Å²) in [4.78, 5) is 12.0. The number of hydrogen-bond donors (Lipinski definition) is 1. The van der Waals surface area contributed by atoms with E-state index in [2.05, 4.69) is 27.9 Å². The predicted molar refractivity (Wildman–Crippen MR) is 75.0 cm³/mol. The Hall–Kier alpha value is -0.620. The second kappa shape index (κ2) is 6.35. The summed E-state index contributed by atoms with van der Waals surface area (Å²) in [6, 6.07) is 7.65. The van der Waals surface area contributed by atoms with E-state index in [-0.39, 0.29) is 5.91 Å². The largest absolute Gasteiger partial charge is 0.381 e. The van der Waals surface area contributed by atoms with Crippen molar-refractivity contribution in [1.29, 1.82) is 0 Å². The fraction of sp³-hybridized carbons (Fsp3) is 0.462. The van der Waals surface area contributed by atoms with E-state index in [0.29, 0.717) is 5.92 Å². The number of carbonyl (C=O) groups is 1. The molecule has 0 spiro atoms. The second-order valence-electron chi connectivity index (χ2n) is 4.25. The van der Waals surface area contributed by atoms with Gasteiger partial charge in [0.05, 0.1) is 5.56 Å². The third-order valence-corrected chi connectivity index (χ3v) is 3.95.